The summed E-state index contributed by atoms with van der Waals surface area (Å²) in [5.41, 5.74) is 1.51. The molecule has 4 amide bonds. The summed E-state index contributed by atoms with van der Waals surface area (Å²) in [6.07, 6.45) is 4.13. The van der Waals surface area contributed by atoms with Crippen molar-refractivity contribution in [3.63, 3.8) is 0 Å². The van der Waals surface area contributed by atoms with Crippen LogP contribution in [-0.4, -0.2) is 59.1 Å². The summed E-state index contributed by atoms with van der Waals surface area (Å²) in [5, 5.41) is 8.72. The molecule has 5 rings (SSSR count). The number of aryl methyl sites for hydroxylation is 1. The summed E-state index contributed by atoms with van der Waals surface area (Å²) in [4.78, 5) is 40.4. The number of likely N-dealkylation sites (N-methyl/N-ethyl adjacent to an activating group) is 1. The lowest BCUT2D eigenvalue weighted by atomic mass is 9.98. The van der Waals surface area contributed by atoms with Gasteiger partial charge in [-0.3, -0.25) is 14.9 Å². The number of fused-ring (bicyclic) bond motifs is 1. The standard InChI is InChI=1S/C13H13N5O3.C11H12FNO2.C2H6/c1-7-9(15-8(2)18-5-3-4-14-18)6-10(21-7)11-12(19)17-13(20)16-11;1-13-6-5-7-3-4-8(15-2)10(12)9(7)11(13)14;1-2/h3-6,11H,1-2H3,(H2,16,17,19,20);3-4H,5-6H2,1-2H3;1-2H3. The second kappa shape index (κ2) is 12.2. The molecule has 1 atom stereocenters. The second-order valence-electron chi connectivity index (χ2n) is 8.19. The van der Waals surface area contributed by atoms with E-state index in [0.717, 1.165) is 5.56 Å². The van der Waals surface area contributed by atoms with E-state index in [4.69, 9.17) is 9.15 Å². The monoisotopic (exact) mass is 526 g/mol. The number of hydrogen-bond donors (Lipinski definition) is 2. The van der Waals surface area contributed by atoms with Crippen LogP contribution in [0.3, 0.4) is 0 Å². The van der Waals surface area contributed by atoms with Gasteiger partial charge in [-0.15, -0.1) is 0 Å². The molecule has 1 fully saturated rings. The van der Waals surface area contributed by atoms with Crippen LogP contribution in [0.5, 0.6) is 5.75 Å². The molecule has 2 aliphatic rings. The van der Waals surface area contributed by atoms with Gasteiger partial charge in [0.15, 0.2) is 17.6 Å². The Morgan fingerprint density at radius 2 is 2.00 bits per heavy atom. The van der Waals surface area contributed by atoms with Gasteiger partial charge in [0.1, 0.15) is 23.0 Å². The highest BCUT2D eigenvalue weighted by molar-refractivity contribution is 6.04. The predicted molar refractivity (Wildman–Crippen MR) is 138 cm³/mol. The van der Waals surface area contributed by atoms with Crippen molar-refractivity contribution in [1.29, 1.82) is 0 Å². The van der Waals surface area contributed by atoms with E-state index in [1.165, 1.54) is 12.0 Å². The molecule has 0 bridgehead atoms. The third kappa shape index (κ3) is 5.90. The molecular formula is C26H31FN6O5. The number of urea groups is 1. The van der Waals surface area contributed by atoms with Crippen LogP contribution in [0, 0.1) is 12.7 Å². The Hall–Kier alpha value is -4.48. The number of hydrogen-bond acceptors (Lipinski definition) is 7. The number of carbonyl (C=O) groups excluding carboxylic acids is 3. The summed E-state index contributed by atoms with van der Waals surface area (Å²) >= 11 is 0. The molecule has 2 aliphatic heterocycles. The number of methoxy groups -OCH3 is 1. The number of aliphatic imine (C=N–C) groups is 1. The maximum Gasteiger partial charge on any atom is 0.322 e. The van der Waals surface area contributed by atoms with Gasteiger partial charge >= 0.3 is 6.03 Å². The lowest BCUT2D eigenvalue weighted by Crippen LogP contribution is -2.35. The van der Waals surface area contributed by atoms with Gasteiger partial charge in [-0.1, -0.05) is 19.9 Å². The number of furan rings is 1. The number of halogens is 1. The fraction of sp³-hybridized carbons (Fsp3) is 0.346. The molecule has 1 aromatic carbocycles. The SMILES string of the molecule is CC.CC(=Nc1cc(C2NC(=O)NC2=O)oc1C)n1cccn1.COc1ccc2c(c1F)C(=O)N(C)CC2. The Kier molecular flexibility index (Phi) is 9.00. The molecule has 1 unspecified atom stereocenters. The zero-order valence-corrected chi connectivity index (χ0v) is 22.2. The lowest BCUT2D eigenvalue weighted by molar-refractivity contribution is -0.120. The first-order valence-electron chi connectivity index (χ1n) is 12.1. The topological polar surface area (TPSA) is 131 Å². The summed E-state index contributed by atoms with van der Waals surface area (Å²) in [5.74, 6) is 0.438. The van der Waals surface area contributed by atoms with Gasteiger partial charge in [-0.2, -0.15) is 5.10 Å². The minimum atomic E-state index is -0.815. The van der Waals surface area contributed by atoms with E-state index in [0.29, 0.717) is 36.0 Å². The van der Waals surface area contributed by atoms with Crippen LogP contribution in [0.15, 0.2) is 46.1 Å². The van der Waals surface area contributed by atoms with Crippen molar-refractivity contribution in [2.24, 2.45) is 4.99 Å². The number of ether oxygens (including phenoxy) is 1. The Morgan fingerprint density at radius 3 is 2.61 bits per heavy atom. The van der Waals surface area contributed by atoms with E-state index in [1.54, 1.807) is 55.3 Å². The molecule has 12 heteroatoms. The van der Waals surface area contributed by atoms with E-state index < -0.39 is 23.8 Å². The Labute approximate surface area is 219 Å². The number of nitrogens with zero attached hydrogens (tertiary/aromatic N) is 4. The van der Waals surface area contributed by atoms with Crippen LogP contribution >= 0.6 is 0 Å². The average molecular weight is 527 g/mol. The molecule has 38 heavy (non-hydrogen) atoms. The molecule has 202 valence electrons. The average Bonchev–Trinajstić information content (AvgIpc) is 3.64. The number of amides is 4. The van der Waals surface area contributed by atoms with Crippen molar-refractivity contribution in [2.75, 3.05) is 20.7 Å². The maximum atomic E-state index is 13.8. The van der Waals surface area contributed by atoms with Crippen LogP contribution in [0.4, 0.5) is 14.9 Å². The summed E-state index contributed by atoms with van der Waals surface area (Å²) in [7, 11) is 3.06. The van der Waals surface area contributed by atoms with Crippen molar-refractivity contribution in [3.8, 4) is 5.75 Å². The zero-order chi connectivity index (χ0) is 28.0. The highest BCUT2D eigenvalue weighted by Crippen LogP contribution is 2.29. The first-order valence-corrected chi connectivity index (χ1v) is 12.1. The van der Waals surface area contributed by atoms with Gasteiger partial charge < -0.3 is 19.4 Å². The number of nitrogens with one attached hydrogen (secondary N) is 2. The molecule has 3 aromatic rings. The molecule has 4 heterocycles. The smallest absolute Gasteiger partial charge is 0.322 e. The molecule has 2 aromatic heterocycles. The van der Waals surface area contributed by atoms with E-state index >= 15 is 0 Å². The van der Waals surface area contributed by atoms with Crippen molar-refractivity contribution >= 4 is 29.4 Å². The minimum absolute atomic E-state index is 0.123. The third-order valence-electron chi connectivity index (χ3n) is 5.78. The molecule has 0 radical (unpaired) electrons. The maximum absolute atomic E-state index is 13.8. The molecule has 11 nitrogen and oxygen atoms in total. The molecular weight excluding hydrogens is 495 g/mol. The molecule has 1 saturated heterocycles. The van der Waals surface area contributed by atoms with E-state index in [9.17, 15) is 18.8 Å². The van der Waals surface area contributed by atoms with Gasteiger partial charge in [-0.05, 0) is 38.0 Å². The molecule has 0 saturated carbocycles. The summed E-state index contributed by atoms with van der Waals surface area (Å²) < 4.78 is 25.8. The number of rotatable bonds is 3. The fourth-order valence-electron chi connectivity index (χ4n) is 3.83. The van der Waals surface area contributed by atoms with Crippen molar-refractivity contribution in [3.05, 3.63) is 65.1 Å². The minimum Gasteiger partial charge on any atom is -0.494 e. The largest absolute Gasteiger partial charge is 0.494 e. The Bertz CT molecular complexity index is 1350. The highest BCUT2D eigenvalue weighted by atomic mass is 19.1. The predicted octanol–water partition coefficient (Wildman–Crippen LogP) is 3.75. The van der Waals surface area contributed by atoms with Gasteiger partial charge in [0.2, 0.25) is 0 Å². The van der Waals surface area contributed by atoms with Gasteiger partial charge in [0.05, 0.1) is 12.7 Å². The molecule has 0 spiro atoms. The van der Waals surface area contributed by atoms with Gasteiger partial charge in [0.25, 0.3) is 11.8 Å². The van der Waals surface area contributed by atoms with Crippen molar-refractivity contribution in [2.45, 2.75) is 40.2 Å². The van der Waals surface area contributed by atoms with Crippen LogP contribution < -0.4 is 15.4 Å². The third-order valence-corrected chi connectivity index (χ3v) is 5.78. The lowest BCUT2D eigenvalue weighted by Gasteiger charge is -2.25. The Balaban J connectivity index is 0.000000208. The van der Waals surface area contributed by atoms with Gasteiger partial charge in [0, 0.05) is 32.1 Å². The summed E-state index contributed by atoms with van der Waals surface area (Å²) in [6.45, 7) is 8.19. The van der Waals surface area contributed by atoms with E-state index in [-0.39, 0.29) is 17.2 Å². The second-order valence-corrected chi connectivity index (χ2v) is 8.19. The first-order chi connectivity index (χ1) is 18.2. The summed E-state index contributed by atoms with van der Waals surface area (Å²) in [6, 6.07) is 5.40. The van der Waals surface area contributed by atoms with Crippen molar-refractivity contribution in [1.82, 2.24) is 25.3 Å². The number of imide groups is 1. The fourth-order valence-corrected chi connectivity index (χ4v) is 3.83. The van der Waals surface area contributed by atoms with Crippen LogP contribution in [0.2, 0.25) is 0 Å². The quantitative estimate of drug-likeness (QED) is 0.304. The zero-order valence-electron chi connectivity index (χ0n) is 22.2. The van der Waals surface area contributed by atoms with Crippen molar-refractivity contribution < 1.29 is 27.9 Å². The van der Waals surface area contributed by atoms with Crippen LogP contribution in [0.25, 0.3) is 0 Å². The van der Waals surface area contributed by atoms with Crippen LogP contribution in [-0.2, 0) is 11.2 Å². The van der Waals surface area contributed by atoms with Gasteiger partial charge in [-0.25, -0.2) is 18.9 Å². The molecule has 0 aliphatic carbocycles. The number of benzene rings is 1. The van der Waals surface area contributed by atoms with E-state index in [2.05, 4.69) is 20.7 Å². The normalized spacial score (nSPS) is 16.5. The van der Waals surface area contributed by atoms with E-state index in [1.807, 2.05) is 20.8 Å². The number of aromatic nitrogens is 2. The Morgan fingerprint density at radius 1 is 1.26 bits per heavy atom. The molecule has 2 N–H and O–H groups in total. The number of carbonyl (C=O) groups is 3. The highest BCUT2D eigenvalue weighted by Gasteiger charge is 2.34. The first kappa shape index (κ1) is 28.1. The van der Waals surface area contributed by atoms with Crippen LogP contribution in [0.1, 0.15) is 54.3 Å².